The van der Waals surface area contributed by atoms with Crippen molar-refractivity contribution < 1.29 is 14.2 Å². The van der Waals surface area contributed by atoms with E-state index in [4.69, 9.17) is 19.9 Å². The Labute approximate surface area is 171 Å². The Morgan fingerprint density at radius 2 is 1.93 bits per heavy atom. The van der Waals surface area contributed by atoms with Crippen molar-refractivity contribution in [2.45, 2.75) is 19.4 Å². The summed E-state index contributed by atoms with van der Waals surface area (Å²) in [7, 11) is 0. The predicted octanol–water partition coefficient (Wildman–Crippen LogP) is 2.38. The second-order valence-electron chi connectivity index (χ2n) is 7.27. The molecule has 0 amide bonds. The second-order valence-corrected chi connectivity index (χ2v) is 7.27. The van der Waals surface area contributed by atoms with Crippen molar-refractivity contribution in [1.82, 2.24) is 9.88 Å². The van der Waals surface area contributed by atoms with Gasteiger partial charge in [0.2, 0.25) is 0 Å². The number of pyridine rings is 1. The number of rotatable bonds is 6. The van der Waals surface area contributed by atoms with Crippen LogP contribution in [0, 0.1) is 11.3 Å². The van der Waals surface area contributed by atoms with Gasteiger partial charge >= 0.3 is 0 Å². The fourth-order valence-corrected chi connectivity index (χ4v) is 3.85. The van der Waals surface area contributed by atoms with E-state index >= 15 is 0 Å². The highest BCUT2D eigenvalue weighted by atomic mass is 16.5. The standard InChI is InChI=1S/C22H26N4O3/c23-14-18-21(19-15-28-11-6-20(19)25-22(18)24)16-2-4-17(5-3-16)29-10-1-7-26-8-12-27-13-9-26/h2-5H,1,6-13,15H2,(H2,24,25). The second kappa shape index (κ2) is 9.23. The van der Waals surface area contributed by atoms with Crippen LogP contribution in [0.2, 0.25) is 0 Å². The molecule has 7 heteroatoms. The molecule has 2 aromatic rings. The number of aromatic nitrogens is 1. The first-order valence-electron chi connectivity index (χ1n) is 10.1. The zero-order chi connectivity index (χ0) is 20.1. The van der Waals surface area contributed by atoms with Crippen LogP contribution in [0.5, 0.6) is 5.75 Å². The summed E-state index contributed by atoms with van der Waals surface area (Å²) in [5.41, 5.74) is 10.1. The molecule has 0 aliphatic carbocycles. The molecule has 152 valence electrons. The summed E-state index contributed by atoms with van der Waals surface area (Å²) in [4.78, 5) is 6.82. The Hall–Kier alpha value is -2.66. The molecule has 2 N–H and O–H groups in total. The first-order valence-corrected chi connectivity index (χ1v) is 10.1. The van der Waals surface area contributed by atoms with Gasteiger partial charge in [-0.15, -0.1) is 0 Å². The number of benzene rings is 1. The molecule has 1 fully saturated rings. The van der Waals surface area contributed by atoms with Crippen LogP contribution in [0.1, 0.15) is 23.2 Å². The summed E-state index contributed by atoms with van der Waals surface area (Å²) in [6, 6.07) is 10.0. The van der Waals surface area contributed by atoms with E-state index in [0.29, 0.717) is 31.8 Å². The maximum absolute atomic E-state index is 9.62. The largest absolute Gasteiger partial charge is 0.494 e. The van der Waals surface area contributed by atoms with Crippen molar-refractivity contribution in [2.24, 2.45) is 0 Å². The first kappa shape index (κ1) is 19.6. The van der Waals surface area contributed by atoms with Crippen LogP contribution in [-0.4, -0.2) is 55.9 Å². The fourth-order valence-electron chi connectivity index (χ4n) is 3.85. The molecule has 0 saturated carbocycles. The lowest BCUT2D eigenvalue weighted by atomic mass is 9.93. The lowest BCUT2D eigenvalue weighted by molar-refractivity contribution is 0.0358. The number of fused-ring (bicyclic) bond motifs is 1. The van der Waals surface area contributed by atoms with Crippen molar-refractivity contribution >= 4 is 5.82 Å². The van der Waals surface area contributed by atoms with Crippen molar-refractivity contribution in [3.05, 3.63) is 41.1 Å². The van der Waals surface area contributed by atoms with E-state index in [-0.39, 0.29) is 5.82 Å². The van der Waals surface area contributed by atoms with Gasteiger partial charge < -0.3 is 19.9 Å². The molecule has 0 atom stereocenters. The minimum Gasteiger partial charge on any atom is -0.494 e. The van der Waals surface area contributed by atoms with E-state index in [1.165, 1.54) is 0 Å². The minimum absolute atomic E-state index is 0.284. The van der Waals surface area contributed by atoms with E-state index < -0.39 is 0 Å². The van der Waals surface area contributed by atoms with Crippen molar-refractivity contribution in [2.75, 3.05) is 51.8 Å². The number of nitrogens with zero attached hydrogens (tertiary/aromatic N) is 3. The Balaban J connectivity index is 1.44. The average Bonchev–Trinajstić information content (AvgIpc) is 2.77. The van der Waals surface area contributed by atoms with Crippen LogP contribution in [0.25, 0.3) is 11.1 Å². The number of anilines is 1. The molecule has 0 bridgehead atoms. The molecule has 1 saturated heterocycles. The van der Waals surface area contributed by atoms with Gasteiger partial charge in [-0.2, -0.15) is 5.26 Å². The third kappa shape index (κ3) is 4.51. The van der Waals surface area contributed by atoms with Gasteiger partial charge in [-0.05, 0) is 24.1 Å². The normalized spacial score (nSPS) is 16.8. The molecule has 3 heterocycles. The quantitative estimate of drug-likeness (QED) is 0.752. The number of nitriles is 1. The Kier molecular flexibility index (Phi) is 6.25. The van der Waals surface area contributed by atoms with Crippen molar-refractivity contribution in [1.29, 1.82) is 5.26 Å². The lowest BCUT2D eigenvalue weighted by Crippen LogP contribution is -2.37. The monoisotopic (exact) mass is 394 g/mol. The molecule has 2 aliphatic heterocycles. The minimum atomic E-state index is 0.284. The molecule has 29 heavy (non-hydrogen) atoms. The van der Waals surface area contributed by atoms with Crippen molar-refractivity contribution in [3.8, 4) is 22.9 Å². The topological polar surface area (TPSA) is 93.6 Å². The van der Waals surface area contributed by atoms with Gasteiger partial charge in [0, 0.05) is 37.2 Å². The van der Waals surface area contributed by atoms with Gasteiger partial charge in [0.05, 0.1) is 38.7 Å². The molecule has 1 aromatic carbocycles. The highest BCUT2D eigenvalue weighted by Crippen LogP contribution is 2.35. The van der Waals surface area contributed by atoms with E-state index in [1.54, 1.807) is 0 Å². The molecule has 4 rings (SSSR count). The summed E-state index contributed by atoms with van der Waals surface area (Å²) < 4.78 is 16.9. The maximum Gasteiger partial charge on any atom is 0.142 e. The third-order valence-electron chi connectivity index (χ3n) is 5.39. The number of nitrogen functional groups attached to an aromatic ring is 1. The van der Waals surface area contributed by atoms with Gasteiger partial charge in [0.15, 0.2) is 0 Å². The lowest BCUT2D eigenvalue weighted by Gasteiger charge is -2.26. The number of hydrogen-bond acceptors (Lipinski definition) is 7. The Bertz CT molecular complexity index is 886. The number of hydrogen-bond donors (Lipinski definition) is 1. The summed E-state index contributed by atoms with van der Waals surface area (Å²) in [6.45, 7) is 6.41. The van der Waals surface area contributed by atoms with Gasteiger partial charge in [0.25, 0.3) is 0 Å². The Morgan fingerprint density at radius 1 is 1.14 bits per heavy atom. The summed E-state index contributed by atoms with van der Waals surface area (Å²) in [6.07, 6.45) is 1.69. The molecule has 0 unspecified atom stereocenters. The van der Waals surface area contributed by atoms with Crippen LogP contribution in [0.15, 0.2) is 24.3 Å². The molecular formula is C22H26N4O3. The van der Waals surface area contributed by atoms with Crippen LogP contribution >= 0.6 is 0 Å². The highest BCUT2D eigenvalue weighted by molar-refractivity contribution is 5.79. The molecule has 1 aromatic heterocycles. The highest BCUT2D eigenvalue weighted by Gasteiger charge is 2.22. The first-order chi connectivity index (χ1) is 14.3. The zero-order valence-corrected chi connectivity index (χ0v) is 16.5. The number of nitrogens with two attached hydrogens (primary N) is 1. The summed E-state index contributed by atoms with van der Waals surface area (Å²) in [5.74, 6) is 1.10. The zero-order valence-electron chi connectivity index (χ0n) is 16.5. The van der Waals surface area contributed by atoms with Crippen LogP contribution in [0.4, 0.5) is 5.82 Å². The number of ether oxygens (including phenoxy) is 3. The van der Waals surface area contributed by atoms with Gasteiger partial charge in [-0.25, -0.2) is 4.98 Å². The van der Waals surface area contributed by atoms with Gasteiger partial charge in [-0.1, -0.05) is 12.1 Å². The van der Waals surface area contributed by atoms with Crippen molar-refractivity contribution in [3.63, 3.8) is 0 Å². The van der Waals surface area contributed by atoms with Crippen LogP contribution in [-0.2, 0) is 22.5 Å². The molecule has 7 nitrogen and oxygen atoms in total. The predicted molar refractivity (Wildman–Crippen MR) is 110 cm³/mol. The average molecular weight is 394 g/mol. The molecule has 0 spiro atoms. The van der Waals surface area contributed by atoms with E-state index in [2.05, 4.69) is 16.0 Å². The summed E-state index contributed by atoms with van der Waals surface area (Å²) >= 11 is 0. The smallest absolute Gasteiger partial charge is 0.142 e. The van der Waals surface area contributed by atoms with E-state index in [0.717, 1.165) is 67.4 Å². The van der Waals surface area contributed by atoms with E-state index in [1.807, 2.05) is 24.3 Å². The third-order valence-corrected chi connectivity index (χ3v) is 5.39. The van der Waals surface area contributed by atoms with Gasteiger partial charge in [0.1, 0.15) is 23.2 Å². The maximum atomic E-state index is 9.62. The SMILES string of the molecule is N#Cc1c(N)nc2c(c1-c1ccc(OCCCN3CCOCC3)cc1)COCC2. The van der Waals surface area contributed by atoms with Crippen LogP contribution < -0.4 is 10.5 Å². The molecule has 2 aliphatic rings. The number of morpholine rings is 1. The molecule has 0 radical (unpaired) electrons. The fraction of sp³-hybridized carbons (Fsp3) is 0.455. The van der Waals surface area contributed by atoms with Gasteiger partial charge in [-0.3, -0.25) is 4.90 Å². The van der Waals surface area contributed by atoms with Crippen LogP contribution in [0.3, 0.4) is 0 Å². The van der Waals surface area contributed by atoms with E-state index in [9.17, 15) is 5.26 Å². The Morgan fingerprint density at radius 3 is 2.69 bits per heavy atom. The molecular weight excluding hydrogens is 368 g/mol. The summed E-state index contributed by atoms with van der Waals surface area (Å²) in [5, 5.41) is 9.62.